The van der Waals surface area contributed by atoms with E-state index in [1.165, 1.54) is 0 Å². The minimum absolute atomic E-state index is 0.198. The molecule has 0 saturated heterocycles. The molecule has 0 atom stereocenters. The minimum Gasteiger partial charge on any atom is -0.468 e. The molecule has 1 aromatic heterocycles. The highest BCUT2D eigenvalue weighted by molar-refractivity contribution is 7.98. The molecule has 0 bridgehead atoms. The quantitative estimate of drug-likeness (QED) is 0.697. The number of hydrogen-bond donors (Lipinski definition) is 0. The Kier molecular flexibility index (Phi) is 4.09. The Bertz CT molecular complexity index is 298. The minimum atomic E-state index is -0.198. The molecule has 0 fully saturated rings. The third kappa shape index (κ3) is 3.89. The molecule has 0 aliphatic carbocycles. The van der Waals surface area contributed by atoms with Crippen LogP contribution in [0.3, 0.4) is 0 Å². The van der Waals surface area contributed by atoms with E-state index < -0.39 is 0 Å². The summed E-state index contributed by atoms with van der Waals surface area (Å²) in [5, 5.41) is 8.80. The highest BCUT2D eigenvalue weighted by atomic mass is 32.2. The van der Waals surface area contributed by atoms with Gasteiger partial charge < -0.3 is 4.42 Å². The zero-order chi connectivity index (χ0) is 10.4. The molecule has 1 rings (SSSR count). The third-order valence-corrected chi connectivity index (χ3v) is 2.98. The monoisotopic (exact) mass is 209 g/mol. The lowest BCUT2D eigenvalue weighted by Crippen LogP contribution is -2.08. The molecular formula is C11H15NOS. The fraction of sp³-hybridized carbons (Fsp3) is 0.545. The molecule has 1 heterocycles. The number of nitrogens with zero attached hydrogens (tertiary/aromatic N) is 1. The van der Waals surface area contributed by atoms with Gasteiger partial charge in [-0.1, -0.05) is 0 Å². The van der Waals surface area contributed by atoms with Crippen LogP contribution in [0.1, 0.15) is 26.0 Å². The van der Waals surface area contributed by atoms with Gasteiger partial charge in [0.15, 0.2) is 0 Å². The Morgan fingerprint density at radius 1 is 1.57 bits per heavy atom. The van der Waals surface area contributed by atoms with E-state index in [9.17, 15) is 0 Å². The molecule has 0 N–H and O–H groups in total. The molecule has 0 spiro atoms. The van der Waals surface area contributed by atoms with Crippen molar-refractivity contribution in [2.24, 2.45) is 5.41 Å². The van der Waals surface area contributed by atoms with Gasteiger partial charge in [0.2, 0.25) is 0 Å². The second-order valence-corrected chi connectivity index (χ2v) is 4.98. The van der Waals surface area contributed by atoms with Gasteiger partial charge in [-0.15, -0.1) is 0 Å². The van der Waals surface area contributed by atoms with Gasteiger partial charge in [0, 0.05) is 0 Å². The standard InChI is InChI=1S/C11H15NOS/c1-11(2,9-12)5-7-14-8-10-4-3-6-13-10/h3-4,6H,5,7-8H2,1-2H3. The van der Waals surface area contributed by atoms with E-state index in [0.29, 0.717) is 0 Å². The van der Waals surface area contributed by atoms with Crippen LogP contribution >= 0.6 is 11.8 Å². The summed E-state index contributed by atoms with van der Waals surface area (Å²) in [7, 11) is 0. The van der Waals surface area contributed by atoms with E-state index in [1.807, 2.05) is 37.7 Å². The summed E-state index contributed by atoms with van der Waals surface area (Å²) in [4.78, 5) is 0. The van der Waals surface area contributed by atoms with Crippen molar-refractivity contribution in [1.29, 1.82) is 5.26 Å². The number of rotatable bonds is 5. The van der Waals surface area contributed by atoms with Crippen LogP contribution in [0.4, 0.5) is 0 Å². The SMILES string of the molecule is CC(C)(C#N)CCSCc1ccco1. The highest BCUT2D eigenvalue weighted by Crippen LogP contribution is 2.23. The van der Waals surface area contributed by atoms with Gasteiger partial charge in [-0.05, 0) is 38.2 Å². The Labute approximate surface area is 89.3 Å². The summed E-state index contributed by atoms with van der Waals surface area (Å²) in [6, 6.07) is 6.17. The molecule has 0 saturated carbocycles. The number of furan rings is 1. The first-order valence-corrected chi connectivity index (χ1v) is 5.81. The normalized spacial score (nSPS) is 11.2. The average molecular weight is 209 g/mol. The summed E-state index contributed by atoms with van der Waals surface area (Å²) in [6.07, 6.45) is 2.62. The topological polar surface area (TPSA) is 36.9 Å². The number of hydrogen-bond acceptors (Lipinski definition) is 3. The van der Waals surface area contributed by atoms with Gasteiger partial charge in [-0.2, -0.15) is 17.0 Å². The predicted octanol–water partition coefficient (Wildman–Crippen LogP) is 3.45. The maximum Gasteiger partial charge on any atom is 0.113 e. The number of thioether (sulfide) groups is 1. The zero-order valence-corrected chi connectivity index (χ0v) is 9.43. The van der Waals surface area contributed by atoms with E-state index in [2.05, 4.69) is 6.07 Å². The van der Waals surface area contributed by atoms with Crippen molar-refractivity contribution in [3.05, 3.63) is 24.2 Å². The maximum atomic E-state index is 8.80. The molecule has 0 unspecified atom stereocenters. The average Bonchev–Trinajstić information content (AvgIpc) is 2.65. The van der Waals surface area contributed by atoms with Gasteiger partial charge in [0.05, 0.1) is 23.5 Å². The lowest BCUT2D eigenvalue weighted by Gasteiger charge is -2.13. The lowest BCUT2D eigenvalue weighted by molar-refractivity contribution is 0.481. The fourth-order valence-electron chi connectivity index (χ4n) is 0.951. The van der Waals surface area contributed by atoms with Gasteiger partial charge in [-0.3, -0.25) is 0 Å². The lowest BCUT2D eigenvalue weighted by atomic mass is 9.93. The van der Waals surface area contributed by atoms with Crippen molar-refractivity contribution in [1.82, 2.24) is 0 Å². The van der Waals surface area contributed by atoms with Gasteiger partial charge in [0.25, 0.3) is 0 Å². The third-order valence-electron chi connectivity index (χ3n) is 2.00. The van der Waals surface area contributed by atoms with Crippen LogP contribution in [-0.4, -0.2) is 5.75 Å². The van der Waals surface area contributed by atoms with Crippen LogP contribution < -0.4 is 0 Å². The van der Waals surface area contributed by atoms with Crippen molar-refractivity contribution in [2.75, 3.05) is 5.75 Å². The summed E-state index contributed by atoms with van der Waals surface area (Å²) in [5.41, 5.74) is -0.198. The van der Waals surface area contributed by atoms with Gasteiger partial charge >= 0.3 is 0 Å². The van der Waals surface area contributed by atoms with Gasteiger partial charge in [0.1, 0.15) is 5.76 Å². The van der Waals surface area contributed by atoms with Crippen LogP contribution in [0.5, 0.6) is 0 Å². The van der Waals surface area contributed by atoms with E-state index in [4.69, 9.17) is 9.68 Å². The second-order valence-electron chi connectivity index (χ2n) is 3.88. The van der Waals surface area contributed by atoms with Crippen molar-refractivity contribution in [3.8, 4) is 6.07 Å². The molecule has 3 heteroatoms. The molecule has 0 aliphatic heterocycles. The first kappa shape index (κ1) is 11.2. The molecule has 14 heavy (non-hydrogen) atoms. The Morgan fingerprint density at radius 3 is 2.93 bits per heavy atom. The van der Waals surface area contributed by atoms with Crippen LogP contribution in [0.15, 0.2) is 22.8 Å². The Balaban J connectivity index is 2.15. The molecule has 0 aromatic carbocycles. The van der Waals surface area contributed by atoms with E-state index >= 15 is 0 Å². The van der Waals surface area contributed by atoms with Crippen LogP contribution in [-0.2, 0) is 5.75 Å². The van der Waals surface area contributed by atoms with E-state index in [-0.39, 0.29) is 5.41 Å². The highest BCUT2D eigenvalue weighted by Gasteiger charge is 2.15. The maximum absolute atomic E-state index is 8.80. The van der Waals surface area contributed by atoms with E-state index in [1.54, 1.807) is 6.26 Å². The fourth-order valence-corrected chi connectivity index (χ4v) is 2.12. The molecule has 0 aliphatic rings. The summed E-state index contributed by atoms with van der Waals surface area (Å²) in [5.74, 6) is 2.90. The summed E-state index contributed by atoms with van der Waals surface area (Å²) < 4.78 is 5.21. The molecule has 0 radical (unpaired) electrons. The van der Waals surface area contributed by atoms with Crippen molar-refractivity contribution < 1.29 is 4.42 Å². The largest absolute Gasteiger partial charge is 0.468 e. The predicted molar refractivity (Wildman–Crippen MR) is 58.9 cm³/mol. The van der Waals surface area contributed by atoms with E-state index in [0.717, 1.165) is 23.7 Å². The first-order chi connectivity index (χ1) is 6.64. The molecule has 2 nitrogen and oxygen atoms in total. The Morgan fingerprint density at radius 2 is 2.36 bits per heavy atom. The van der Waals surface area contributed by atoms with Crippen LogP contribution in [0.2, 0.25) is 0 Å². The van der Waals surface area contributed by atoms with Crippen molar-refractivity contribution >= 4 is 11.8 Å². The molecule has 0 amide bonds. The van der Waals surface area contributed by atoms with Crippen LogP contribution in [0, 0.1) is 16.7 Å². The number of nitriles is 1. The zero-order valence-electron chi connectivity index (χ0n) is 8.62. The molecule has 76 valence electrons. The molecule has 1 aromatic rings. The van der Waals surface area contributed by atoms with Crippen molar-refractivity contribution in [2.45, 2.75) is 26.0 Å². The summed E-state index contributed by atoms with van der Waals surface area (Å²) >= 11 is 1.81. The van der Waals surface area contributed by atoms with Gasteiger partial charge in [-0.25, -0.2) is 0 Å². The first-order valence-electron chi connectivity index (χ1n) is 4.65. The molecular weight excluding hydrogens is 194 g/mol. The van der Waals surface area contributed by atoms with Crippen molar-refractivity contribution in [3.63, 3.8) is 0 Å². The summed E-state index contributed by atoms with van der Waals surface area (Å²) in [6.45, 7) is 3.95. The smallest absolute Gasteiger partial charge is 0.113 e. The second kappa shape index (κ2) is 5.11. The van der Waals surface area contributed by atoms with Crippen LogP contribution in [0.25, 0.3) is 0 Å². The Hall–Kier alpha value is -0.880.